The van der Waals surface area contributed by atoms with Gasteiger partial charge in [-0.2, -0.15) is 0 Å². The van der Waals surface area contributed by atoms with Gasteiger partial charge >= 0.3 is 7.82 Å². The van der Waals surface area contributed by atoms with E-state index < -0.39 is 13.6 Å². The van der Waals surface area contributed by atoms with Crippen molar-refractivity contribution in [2.24, 2.45) is 0 Å². The van der Waals surface area contributed by atoms with Crippen molar-refractivity contribution in [3.8, 4) is 0 Å². The third-order valence-corrected chi connectivity index (χ3v) is 3.57. The van der Waals surface area contributed by atoms with Crippen LogP contribution < -0.4 is 0 Å². The van der Waals surface area contributed by atoms with Gasteiger partial charge in [0.05, 0.1) is 18.0 Å². The molecule has 0 bridgehead atoms. The molecule has 0 unspecified atom stereocenters. The van der Waals surface area contributed by atoms with E-state index in [1.165, 1.54) is 31.2 Å². The molecule has 0 aromatic carbocycles. The molecule has 18 heavy (non-hydrogen) atoms. The predicted molar refractivity (Wildman–Crippen MR) is 60.2 cm³/mol. The van der Waals surface area contributed by atoms with Crippen molar-refractivity contribution in [3.63, 3.8) is 0 Å². The lowest BCUT2D eigenvalue weighted by atomic mass is 10.4. The Bertz CT molecular complexity index is 595. The van der Waals surface area contributed by atoms with Gasteiger partial charge in [-0.25, -0.2) is 18.9 Å². The number of nitrogens with zero attached hydrogens (tertiary/aromatic N) is 3. The molecule has 0 aliphatic heterocycles. The summed E-state index contributed by atoms with van der Waals surface area (Å²) in [6, 6.07) is 1.25. The summed E-state index contributed by atoms with van der Waals surface area (Å²) in [6.07, 6.45) is 2.46. The van der Waals surface area contributed by atoms with Gasteiger partial charge in [-0.1, -0.05) is 0 Å². The first-order chi connectivity index (χ1) is 8.58. The average Bonchev–Trinajstić information content (AvgIpc) is 2.78. The van der Waals surface area contributed by atoms with Gasteiger partial charge < -0.3 is 4.57 Å². The molecule has 2 heterocycles. The highest BCUT2D eigenvalue weighted by atomic mass is 31.2. The number of imidazole rings is 1. The molecule has 98 valence electrons. The largest absolute Gasteiger partial charge is 0.475 e. The van der Waals surface area contributed by atoms with Gasteiger partial charge in [0.25, 0.3) is 0 Å². The van der Waals surface area contributed by atoms with Crippen LogP contribution in [-0.4, -0.2) is 28.8 Å². The number of fused-ring (bicyclic) bond motifs is 1. The SMILES string of the molecule is COP(=O)(OC)OCn1cnc2ncc(F)cc21. The fourth-order valence-corrected chi connectivity index (χ4v) is 1.96. The molecular formula is C9H11FN3O4P. The molecule has 2 aromatic rings. The second-order valence-corrected chi connectivity index (χ2v) is 5.16. The summed E-state index contributed by atoms with van der Waals surface area (Å²) in [7, 11) is -1.16. The highest BCUT2D eigenvalue weighted by molar-refractivity contribution is 7.48. The molecule has 0 saturated heterocycles. The van der Waals surface area contributed by atoms with Gasteiger partial charge in [0.2, 0.25) is 0 Å². The van der Waals surface area contributed by atoms with Crippen molar-refractivity contribution >= 4 is 19.0 Å². The van der Waals surface area contributed by atoms with Crippen molar-refractivity contribution in [1.29, 1.82) is 0 Å². The number of pyridine rings is 1. The smallest absolute Gasteiger partial charge is 0.304 e. The highest BCUT2D eigenvalue weighted by Gasteiger charge is 2.23. The predicted octanol–water partition coefficient (Wildman–Crippen LogP) is 1.95. The number of halogens is 1. The number of hydrogen-bond donors (Lipinski definition) is 0. The number of rotatable bonds is 5. The Hall–Kier alpha value is -1.34. The minimum atomic E-state index is -3.57. The zero-order valence-electron chi connectivity index (χ0n) is 9.74. The van der Waals surface area contributed by atoms with Crippen molar-refractivity contribution in [3.05, 3.63) is 24.4 Å². The zero-order valence-corrected chi connectivity index (χ0v) is 10.6. The monoisotopic (exact) mass is 275 g/mol. The Balaban J connectivity index is 2.22. The third-order valence-electron chi connectivity index (χ3n) is 2.24. The minimum absolute atomic E-state index is 0.152. The maximum atomic E-state index is 13.1. The van der Waals surface area contributed by atoms with E-state index in [9.17, 15) is 8.96 Å². The quantitative estimate of drug-likeness (QED) is 0.776. The Labute approximate surface area is 102 Å². The van der Waals surface area contributed by atoms with Gasteiger partial charge in [0.1, 0.15) is 12.5 Å². The van der Waals surface area contributed by atoms with Gasteiger partial charge in [0, 0.05) is 20.3 Å². The molecule has 0 N–H and O–H groups in total. The Morgan fingerprint density at radius 3 is 2.78 bits per heavy atom. The summed E-state index contributed by atoms with van der Waals surface area (Å²) in [5.74, 6) is -0.495. The van der Waals surface area contributed by atoms with Crippen LogP contribution in [0.5, 0.6) is 0 Å². The molecular weight excluding hydrogens is 264 g/mol. The highest BCUT2D eigenvalue weighted by Crippen LogP contribution is 2.47. The molecule has 0 atom stereocenters. The summed E-state index contributed by atoms with van der Waals surface area (Å²) in [5.41, 5.74) is 0.790. The molecule has 0 saturated carbocycles. The van der Waals surface area contributed by atoms with Crippen LogP contribution in [-0.2, 0) is 24.9 Å². The first-order valence-electron chi connectivity index (χ1n) is 4.90. The fourth-order valence-electron chi connectivity index (χ4n) is 1.33. The second kappa shape index (κ2) is 5.11. The first kappa shape index (κ1) is 13.1. The molecule has 0 amide bonds. The lowest BCUT2D eigenvalue weighted by Crippen LogP contribution is -2.02. The lowest BCUT2D eigenvalue weighted by molar-refractivity contribution is 0.122. The maximum Gasteiger partial charge on any atom is 0.475 e. The molecule has 0 radical (unpaired) electrons. The van der Waals surface area contributed by atoms with Crippen molar-refractivity contribution < 1.29 is 22.5 Å². The van der Waals surface area contributed by atoms with E-state index in [0.717, 1.165) is 6.20 Å². The third kappa shape index (κ3) is 2.56. The summed E-state index contributed by atoms with van der Waals surface area (Å²) in [4.78, 5) is 7.74. The first-order valence-corrected chi connectivity index (χ1v) is 6.36. The molecule has 0 spiro atoms. The van der Waals surface area contributed by atoms with Gasteiger partial charge in [-0.15, -0.1) is 0 Å². The normalized spacial score (nSPS) is 12.2. The second-order valence-electron chi connectivity index (χ2n) is 3.28. The van der Waals surface area contributed by atoms with Crippen LogP contribution in [0.4, 0.5) is 4.39 Å². The van der Waals surface area contributed by atoms with E-state index in [2.05, 4.69) is 19.0 Å². The van der Waals surface area contributed by atoms with Crippen LogP contribution in [0.2, 0.25) is 0 Å². The maximum absolute atomic E-state index is 13.1. The van der Waals surface area contributed by atoms with Gasteiger partial charge in [0.15, 0.2) is 5.65 Å². The summed E-state index contributed by atoms with van der Waals surface area (Å²) in [6.45, 7) is -0.152. The van der Waals surface area contributed by atoms with Crippen LogP contribution in [0.25, 0.3) is 11.2 Å². The summed E-state index contributed by atoms with van der Waals surface area (Å²) >= 11 is 0. The lowest BCUT2D eigenvalue weighted by Gasteiger charge is -2.13. The minimum Gasteiger partial charge on any atom is -0.304 e. The van der Waals surface area contributed by atoms with Gasteiger partial charge in [-0.3, -0.25) is 13.6 Å². The fraction of sp³-hybridized carbons (Fsp3) is 0.333. The number of phosphoric ester groups is 1. The molecule has 2 aromatic heterocycles. The zero-order chi connectivity index (χ0) is 13.2. The van der Waals surface area contributed by atoms with E-state index in [4.69, 9.17) is 4.52 Å². The van der Waals surface area contributed by atoms with E-state index in [1.807, 2.05) is 0 Å². The average molecular weight is 275 g/mol. The summed E-state index contributed by atoms with van der Waals surface area (Å²) < 4.78 is 40.4. The number of aromatic nitrogens is 3. The Morgan fingerprint density at radius 1 is 1.39 bits per heavy atom. The molecule has 9 heteroatoms. The topological polar surface area (TPSA) is 75.5 Å². The van der Waals surface area contributed by atoms with Crippen LogP contribution in [0.1, 0.15) is 0 Å². The van der Waals surface area contributed by atoms with E-state index in [-0.39, 0.29) is 6.73 Å². The van der Waals surface area contributed by atoms with Crippen LogP contribution in [0, 0.1) is 5.82 Å². The number of hydrogen-bond acceptors (Lipinski definition) is 6. The number of phosphoric acid groups is 1. The molecule has 7 nitrogen and oxygen atoms in total. The van der Waals surface area contributed by atoms with Gasteiger partial charge in [-0.05, 0) is 0 Å². The molecule has 0 fully saturated rings. The Kier molecular flexibility index (Phi) is 3.72. The van der Waals surface area contributed by atoms with Crippen molar-refractivity contribution in [2.45, 2.75) is 6.73 Å². The van der Waals surface area contributed by atoms with Crippen LogP contribution in [0.3, 0.4) is 0 Å². The van der Waals surface area contributed by atoms with E-state index in [1.54, 1.807) is 0 Å². The van der Waals surface area contributed by atoms with Crippen LogP contribution in [0.15, 0.2) is 18.6 Å². The standard InChI is InChI=1S/C9H11FN3O4P/c1-15-18(14,16-2)17-6-13-5-12-9-8(13)3-7(10)4-11-9/h3-5H,6H2,1-2H3. The molecule has 2 rings (SSSR count). The van der Waals surface area contributed by atoms with E-state index >= 15 is 0 Å². The van der Waals surface area contributed by atoms with Crippen LogP contribution >= 0.6 is 7.82 Å². The Morgan fingerprint density at radius 2 is 2.11 bits per heavy atom. The van der Waals surface area contributed by atoms with Crippen molar-refractivity contribution in [2.75, 3.05) is 14.2 Å². The molecule has 0 aliphatic carbocycles. The summed E-state index contributed by atoms with van der Waals surface area (Å²) in [5, 5.41) is 0. The van der Waals surface area contributed by atoms with E-state index in [0.29, 0.717) is 11.2 Å². The van der Waals surface area contributed by atoms with Crippen molar-refractivity contribution in [1.82, 2.24) is 14.5 Å². The molecule has 0 aliphatic rings.